The maximum absolute atomic E-state index is 12.8. The summed E-state index contributed by atoms with van der Waals surface area (Å²) in [6, 6.07) is 16.3. The monoisotopic (exact) mass is 459 g/mol. The predicted octanol–water partition coefficient (Wildman–Crippen LogP) is 2.62. The van der Waals surface area contributed by atoms with Gasteiger partial charge in [0.25, 0.3) is 0 Å². The van der Waals surface area contributed by atoms with E-state index < -0.39 is 8.07 Å². The molecule has 1 heterocycles. The molecule has 1 aromatic heterocycles. The number of hydrogen-bond acceptors (Lipinski definition) is 4. The molecular weight excluding hydrogens is 433 g/mol. The second-order valence-electron chi connectivity index (χ2n) is 7.43. The van der Waals surface area contributed by atoms with Crippen LogP contribution >= 0.6 is 0 Å². The minimum absolute atomic E-state index is 0.0334. The third kappa shape index (κ3) is 4.30. The van der Waals surface area contributed by atoms with E-state index in [1.807, 2.05) is 31.2 Å². The van der Waals surface area contributed by atoms with Gasteiger partial charge < -0.3 is 0 Å². The van der Waals surface area contributed by atoms with Gasteiger partial charge in [-0.3, -0.25) is 0 Å². The Morgan fingerprint density at radius 3 is 2.43 bits per heavy atom. The summed E-state index contributed by atoms with van der Waals surface area (Å²) in [5.41, 5.74) is 1.28. The van der Waals surface area contributed by atoms with Gasteiger partial charge >= 0.3 is 174 Å². The molecule has 2 aromatic carbocycles. The number of nitrogens with zero attached hydrogens (tertiary/aromatic N) is 1. The molecule has 28 heavy (non-hydrogen) atoms. The Morgan fingerprint density at radius 2 is 1.82 bits per heavy atom. The number of hydrogen-bond donors (Lipinski definition) is 0. The van der Waals surface area contributed by atoms with Gasteiger partial charge in [-0.2, -0.15) is 0 Å². The van der Waals surface area contributed by atoms with Gasteiger partial charge in [0.1, 0.15) is 0 Å². The molecule has 0 N–H and O–H groups in total. The van der Waals surface area contributed by atoms with Crippen molar-refractivity contribution in [2.75, 3.05) is 13.7 Å². The third-order valence-corrected chi connectivity index (χ3v) is 9.10. The van der Waals surface area contributed by atoms with E-state index in [-0.39, 0.29) is 20.9 Å². The van der Waals surface area contributed by atoms with Crippen molar-refractivity contribution in [1.82, 2.24) is 4.98 Å². The Balaban J connectivity index is 2.36. The molecule has 0 aliphatic carbocycles. The average molecular weight is 458 g/mol. The van der Waals surface area contributed by atoms with Gasteiger partial charge in [0.05, 0.1) is 0 Å². The number of aromatic nitrogens is 1. The Hall–Kier alpha value is -2.14. The number of benzene rings is 2. The van der Waals surface area contributed by atoms with Gasteiger partial charge in [-0.1, -0.05) is 0 Å². The molecule has 146 valence electrons. The van der Waals surface area contributed by atoms with E-state index in [9.17, 15) is 4.79 Å². The van der Waals surface area contributed by atoms with Crippen molar-refractivity contribution in [3.8, 4) is 5.75 Å². The van der Waals surface area contributed by atoms with Crippen LogP contribution in [0.5, 0.6) is 5.75 Å². The second-order valence-corrected chi connectivity index (χ2v) is 14.7. The zero-order chi connectivity index (χ0) is 20.3. The summed E-state index contributed by atoms with van der Waals surface area (Å²) >= 11 is 0.0334. The third-order valence-electron chi connectivity index (χ3n) is 4.33. The molecule has 0 amide bonds. The molecular formula is C22H25NO3SeSi. The molecule has 0 saturated carbocycles. The summed E-state index contributed by atoms with van der Waals surface area (Å²) < 4.78 is 13.3. The van der Waals surface area contributed by atoms with Crippen LogP contribution in [0.4, 0.5) is 0 Å². The first-order chi connectivity index (χ1) is 13.3. The van der Waals surface area contributed by atoms with E-state index in [0.29, 0.717) is 12.3 Å². The van der Waals surface area contributed by atoms with Crippen LogP contribution in [0.25, 0.3) is 10.9 Å². The first-order valence-corrected chi connectivity index (χ1v) is 14.5. The van der Waals surface area contributed by atoms with E-state index in [0.717, 1.165) is 21.8 Å². The SMILES string of the molecule is CCOC(=O)c1nc2ccc(OC)cc2c([Se]c2ccccc2)c1[Si](C)(C)C. The van der Waals surface area contributed by atoms with E-state index in [4.69, 9.17) is 14.5 Å². The standard InChI is InChI=1S/C22H25NO3SeSi/c1-6-26-22(24)19-21(28(3,4)5)20(27-16-10-8-7-9-11-16)17-14-15(25-2)12-13-18(17)23-19/h7-14H,6H2,1-5H3. The molecule has 0 aliphatic rings. The van der Waals surface area contributed by atoms with Crippen molar-refractivity contribution in [1.29, 1.82) is 0 Å². The van der Waals surface area contributed by atoms with Gasteiger partial charge in [-0.15, -0.1) is 0 Å². The van der Waals surface area contributed by atoms with Crippen LogP contribution in [0.2, 0.25) is 19.6 Å². The second kappa shape index (κ2) is 8.47. The molecule has 0 saturated heterocycles. The minimum atomic E-state index is -1.90. The summed E-state index contributed by atoms with van der Waals surface area (Å²) in [6.07, 6.45) is 0. The molecule has 0 fully saturated rings. The number of fused-ring (bicyclic) bond motifs is 1. The molecule has 3 rings (SSSR count). The molecule has 0 spiro atoms. The normalized spacial score (nSPS) is 11.5. The summed E-state index contributed by atoms with van der Waals surface area (Å²) in [5.74, 6) is 0.465. The van der Waals surface area contributed by atoms with Crippen molar-refractivity contribution in [3.05, 3.63) is 54.2 Å². The van der Waals surface area contributed by atoms with Gasteiger partial charge in [-0.05, 0) is 0 Å². The van der Waals surface area contributed by atoms with Crippen LogP contribution in [0, 0.1) is 0 Å². The Labute approximate surface area is 173 Å². The molecule has 6 heteroatoms. The summed E-state index contributed by atoms with van der Waals surface area (Å²) in [5, 5.41) is 2.16. The van der Waals surface area contributed by atoms with Crippen molar-refractivity contribution in [2.45, 2.75) is 26.6 Å². The average Bonchev–Trinajstić information content (AvgIpc) is 2.67. The number of pyridine rings is 1. The molecule has 0 bridgehead atoms. The van der Waals surface area contributed by atoms with Gasteiger partial charge in [-0.25, -0.2) is 0 Å². The first kappa shape index (κ1) is 20.6. The number of esters is 1. The Kier molecular flexibility index (Phi) is 6.23. The number of ether oxygens (including phenoxy) is 2. The van der Waals surface area contributed by atoms with Gasteiger partial charge in [0.2, 0.25) is 0 Å². The van der Waals surface area contributed by atoms with Crippen LogP contribution in [0.15, 0.2) is 48.5 Å². The number of carbonyl (C=O) groups excluding carboxylic acids is 1. The van der Waals surface area contributed by atoms with E-state index in [1.165, 1.54) is 8.92 Å². The van der Waals surface area contributed by atoms with Crippen molar-refractivity contribution in [2.24, 2.45) is 0 Å². The van der Waals surface area contributed by atoms with Crippen molar-refractivity contribution in [3.63, 3.8) is 0 Å². The van der Waals surface area contributed by atoms with Crippen LogP contribution in [-0.4, -0.2) is 47.7 Å². The van der Waals surface area contributed by atoms with E-state index in [1.54, 1.807) is 7.11 Å². The Bertz CT molecular complexity index is 1000. The zero-order valence-electron chi connectivity index (χ0n) is 16.9. The molecule has 0 unspecified atom stereocenters. The Morgan fingerprint density at radius 1 is 1.11 bits per heavy atom. The number of carbonyl (C=O) groups is 1. The molecule has 4 nitrogen and oxygen atoms in total. The van der Waals surface area contributed by atoms with Crippen molar-refractivity contribution < 1.29 is 14.3 Å². The first-order valence-electron chi connectivity index (χ1n) is 9.27. The quantitative estimate of drug-likeness (QED) is 0.421. The van der Waals surface area contributed by atoms with Crippen molar-refractivity contribution >= 4 is 54.0 Å². The number of methoxy groups -OCH3 is 1. The van der Waals surface area contributed by atoms with E-state index >= 15 is 0 Å². The fourth-order valence-electron chi connectivity index (χ4n) is 3.10. The van der Waals surface area contributed by atoms with Gasteiger partial charge in [0.15, 0.2) is 0 Å². The maximum atomic E-state index is 12.8. The molecule has 3 aromatic rings. The van der Waals surface area contributed by atoms with E-state index in [2.05, 4.69) is 43.9 Å². The topological polar surface area (TPSA) is 48.4 Å². The molecule has 0 aliphatic heterocycles. The predicted molar refractivity (Wildman–Crippen MR) is 119 cm³/mol. The van der Waals surface area contributed by atoms with Crippen LogP contribution in [0.1, 0.15) is 17.4 Å². The van der Waals surface area contributed by atoms with Gasteiger partial charge in [0, 0.05) is 0 Å². The number of rotatable bonds is 6. The summed E-state index contributed by atoms with van der Waals surface area (Å²) in [7, 11) is -0.232. The summed E-state index contributed by atoms with van der Waals surface area (Å²) in [6.45, 7) is 8.92. The van der Waals surface area contributed by atoms with Crippen LogP contribution < -0.4 is 18.8 Å². The zero-order valence-corrected chi connectivity index (χ0v) is 19.6. The summed E-state index contributed by atoms with van der Waals surface area (Å²) in [4.78, 5) is 17.6. The molecule has 0 radical (unpaired) electrons. The fraction of sp³-hybridized carbons (Fsp3) is 0.273. The van der Waals surface area contributed by atoms with Crippen LogP contribution in [-0.2, 0) is 4.74 Å². The molecule has 0 atom stereocenters. The fourth-order valence-corrected chi connectivity index (χ4v) is 9.07. The van der Waals surface area contributed by atoms with Crippen LogP contribution in [0.3, 0.4) is 0 Å².